The number of pyridine rings is 1. The fourth-order valence-corrected chi connectivity index (χ4v) is 6.59. The van der Waals surface area contributed by atoms with Gasteiger partial charge in [0.2, 0.25) is 5.91 Å². The van der Waals surface area contributed by atoms with E-state index in [1.165, 1.54) is 12.1 Å². The van der Waals surface area contributed by atoms with Gasteiger partial charge in [-0.15, -0.1) is 0 Å². The first kappa shape index (κ1) is 30.4. The molecule has 3 aliphatic rings. The number of anilines is 1. The van der Waals surface area contributed by atoms with Crippen molar-refractivity contribution in [1.82, 2.24) is 29.9 Å². The van der Waals surface area contributed by atoms with E-state index in [-0.39, 0.29) is 35.3 Å². The highest BCUT2D eigenvalue weighted by Crippen LogP contribution is 2.39. The number of nitrogens with one attached hydrogen (secondary N) is 1. The smallest absolute Gasteiger partial charge is 0.319 e. The van der Waals surface area contributed by atoms with Crippen molar-refractivity contribution in [3.05, 3.63) is 59.2 Å². The van der Waals surface area contributed by atoms with E-state index in [1.807, 2.05) is 16.0 Å². The normalized spacial score (nSPS) is 24.5. The molecule has 10 heteroatoms. The van der Waals surface area contributed by atoms with Crippen LogP contribution in [-0.4, -0.2) is 121 Å². The zero-order valence-corrected chi connectivity index (χ0v) is 25.9. The summed E-state index contributed by atoms with van der Waals surface area (Å²) in [6, 6.07) is 9.43. The summed E-state index contributed by atoms with van der Waals surface area (Å²) in [6.45, 7) is 14.3. The molecule has 5 rings (SSSR count). The number of urea groups is 1. The van der Waals surface area contributed by atoms with Crippen molar-refractivity contribution in [2.24, 2.45) is 0 Å². The van der Waals surface area contributed by atoms with E-state index in [2.05, 4.69) is 48.9 Å². The van der Waals surface area contributed by atoms with Gasteiger partial charge in [0.25, 0.3) is 0 Å². The molecule has 2 fully saturated rings. The molecular weight excluding hydrogens is 533 g/mol. The number of hydrogen-bond acceptors (Lipinski definition) is 6. The van der Waals surface area contributed by atoms with Crippen molar-refractivity contribution in [2.75, 3.05) is 71.4 Å². The van der Waals surface area contributed by atoms with Crippen LogP contribution in [0, 0.1) is 5.82 Å². The summed E-state index contributed by atoms with van der Waals surface area (Å²) in [5.41, 5.74) is 3.61. The molecule has 0 radical (unpaired) electrons. The second-order valence-electron chi connectivity index (χ2n) is 13.2. The third-order valence-electron chi connectivity index (χ3n) is 8.96. The maximum Gasteiger partial charge on any atom is 0.319 e. The zero-order chi connectivity index (χ0) is 30.2. The molecular formula is C32H46FN7O2. The fourth-order valence-electron chi connectivity index (χ4n) is 6.59. The van der Waals surface area contributed by atoms with Crippen LogP contribution in [0.2, 0.25) is 0 Å². The third-order valence-corrected chi connectivity index (χ3v) is 8.96. The quantitative estimate of drug-likeness (QED) is 0.568. The lowest BCUT2D eigenvalue weighted by Gasteiger charge is -2.46. The summed E-state index contributed by atoms with van der Waals surface area (Å²) in [6.07, 6.45) is 2.52. The predicted octanol–water partition coefficient (Wildman–Crippen LogP) is 2.79. The van der Waals surface area contributed by atoms with E-state index in [9.17, 15) is 14.0 Å². The molecule has 0 saturated carbocycles. The van der Waals surface area contributed by atoms with Gasteiger partial charge in [-0.3, -0.25) is 19.6 Å². The second-order valence-corrected chi connectivity index (χ2v) is 13.2. The predicted molar refractivity (Wildman–Crippen MR) is 163 cm³/mol. The first-order valence-electron chi connectivity index (χ1n) is 15.1. The number of benzene rings is 1. The molecule has 4 heterocycles. The highest BCUT2D eigenvalue weighted by molar-refractivity contribution is 5.97. The summed E-state index contributed by atoms with van der Waals surface area (Å²) in [5, 5.41) is 3.62. The van der Waals surface area contributed by atoms with Crippen LogP contribution < -0.4 is 10.2 Å². The van der Waals surface area contributed by atoms with Gasteiger partial charge in [-0.25, -0.2) is 9.18 Å². The van der Waals surface area contributed by atoms with E-state index in [0.29, 0.717) is 38.6 Å². The number of carbonyl (C=O) groups is 2. The van der Waals surface area contributed by atoms with Crippen LogP contribution in [0.3, 0.4) is 0 Å². The summed E-state index contributed by atoms with van der Waals surface area (Å²) in [7, 11) is 3.59. The Morgan fingerprint density at radius 1 is 1.07 bits per heavy atom. The first-order chi connectivity index (χ1) is 19.9. The van der Waals surface area contributed by atoms with E-state index < -0.39 is 0 Å². The van der Waals surface area contributed by atoms with Crippen LogP contribution in [-0.2, 0) is 16.6 Å². The summed E-state index contributed by atoms with van der Waals surface area (Å²) in [5.74, 6) is -0.155. The number of nitrogens with zero attached hydrogens (tertiary/aromatic N) is 6. The van der Waals surface area contributed by atoms with Crippen LogP contribution in [0.25, 0.3) is 0 Å². The molecule has 1 aromatic heterocycles. The molecule has 3 amide bonds. The van der Waals surface area contributed by atoms with E-state index >= 15 is 0 Å². The van der Waals surface area contributed by atoms with E-state index in [1.54, 1.807) is 31.1 Å². The van der Waals surface area contributed by atoms with Crippen LogP contribution in [0.15, 0.2) is 36.5 Å². The highest BCUT2D eigenvalue weighted by atomic mass is 19.1. The molecule has 2 aromatic rings. The first-order valence-corrected chi connectivity index (χ1v) is 15.1. The fraction of sp³-hybridized carbons (Fsp3) is 0.594. The van der Waals surface area contributed by atoms with Gasteiger partial charge in [-0.2, -0.15) is 0 Å². The Balaban J connectivity index is 1.28. The molecule has 0 aliphatic carbocycles. The highest BCUT2D eigenvalue weighted by Gasteiger charge is 2.41. The average molecular weight is 580 g/mol. The van der Waals surface area contributed by atoms with Gasteiger partial charge >= 0.3 is 6.03 Å². The Morgan fingerprint density at radius 2 is 1.81 bits per heavy atom. The number of amides is 3. The average Bonchev–Trinajstić information content (AvgIpc) is 3.22. The number of halogens is 1. The second kappa shape index (κ2) is 12.3. The van der Waals surface area contributed by atoms with Gasteiger partial charge in [-0.1, -0.05) is 26.0 Å². The van der Waals surface area contributed by atoms with Gasteiger partial charge in [-0.05, 0) is 49.6 Å². The standard InChI is InChI=1S/C32H46FN7O2/c1-22-17-39(27(16-34-22)19-37-11-12-38(18-23(37)2)31(42)36(5)6)20-29(41)40-21-32(3,4)30-28(40)14-25(15-35-30)13-24-7-9-26(33)10-8-24/h7-10,14-15,22-23,27,34H,11-13,16-21H2,1-6H3/t22-,23-,27-/m1/s1. The molecule has 42 heavy (non-hydrogen) atoms. The van der Waals surface area contributed by atoms with Crippen LogP contribution in [0.1, 0.15) is 44.5 Å². The van der Waals surface area contributed by atoms with Crippen molar-refractivity contribution < 1.29 is 14.0 Å². The molecule has 1 aromatic carbocycles. The Labute approximate surface area is 249 Å². The van der Waals surface area contributed by atoms with Crippen molar-refractivity contribution in [3.63, 3.8) is 0 Å². The zero-order valence-electron chi connectivity index (χ0n) is 25.9. The minimum Gasteiger partial charge on any atom is -0.331 e. The van der Waals surface area contributed by atoms with Crippen LogP contribution >= 0.6 is 0 Å². The lowest BCUT2D eigenvalue weighted by Crippen LogP contribution is -2.63. The molecule has 0 bridgehead atoms. The molecule has 1 N–H and O–H groups in total. The molecule has 2 saturated heterocycles. The Hall–Kier alpha value is -3.08. The summed E-state index contributed by atoms with van der Waals surface area (Å²) >= 11 is 0. The number of carbonyl (C=O) groups excluding carboxylic acids is 2. The van der Waals surface area contributed by atoms with Gasteiger partial charge in [0.1, 0.15) is 5.82 Å². The van der Waals surface area contributed by atoms with Crippen molar-refractivity contribution in [3.8, 4) is 0 Å². The molecule has 9 nitrogen and oxygen atoms in total. The van der Waals surface area contributed by atoms with Crippen LogP contribution in [0.5, 0.6) is 0 Å². The van der Waals surface area contributed by atoms with E-state index in [4.69, 9.17) is 4.98 Å². The number of hydrogen-bond donors (Lipinski definition) is 1. The molecule has 3 aliphatic heterocycles. The minimum atomic E-state index is -0.249. The maximum atomic E-state index is 14.0. The topological polar surface area (TPSA) is 75.3 Å². The molecule has 3 atom stereocenters. The SMILES string of the molecule is C[C@@H]1CN(CC(=O)N2CC(C)(C)c3ncc(Cc4ccc(F)cc4)cc32)[C@@H](CN2CCN(C(=O)N(C)C)C[C@H]2C)CN1. The van der Waals surface area contributed by atoms with Gasteiger partial charge in [0.05, 0.1) is 17.9 Å². The largest absolute Gasteiger partial charge is 0.331 e. The maximum absolute atomic E-state index is 14.0. The molecule has 0 spiro atoms. The Kier molecular flexibility index (Phi) is 8.87. The van der Waals surface area contributed by atoms with Crippen molar-refractivity contribution in [2.45, 2.75) is 57.7 Å². The minimum absolute atomic E-state index is 0.0611. The number of fused-ring (bicyclic) bond motifs is 1. The number of aromatic nitrogens is 1. The van der Waals surface area contributed by atoms with Gasteiger partial charge in [0, 0.05) is 89.6 Å². The Morgan fingerprint density at radius 3 is 2.50 bits per heavy atom. The Bertz CT molecular complexity index is 1280. The molecule has 0 unspecified atom stereocenters. The third kappa shape index (κ3) is 6.61. The lowest BCUT2D eigenvalue weighted by atomic mass is 9.91. The van der Waals surface area contributed by atoms with Gasteiger partial charge in [0.15, 0.2) is 0 Å². The molecule has 228 valence electrons. The van der Waals surface area contributed by atoms with Crippen molar-refractivity contribution in [1.29, 1.82) is 0 Å². The summed E-state index contributed by atoms with van der Waals surface area (Å²) < 4.78 is 13.4. The summed E-state index contributed by atoms with van der Waals surface area (Å²) in [4.78, 5) is 41.6. The number of rotatable bonds is 6. The van der Waals surface area contributed by atoms with Crippen molar-refractivity contribution >= 4 is 17.6 Å². The van der Waals surface area contributed by atoms with Gasteiger partial charge < -0.3 is 20.0 Å². The lowest BCUT2D eigenvalue weighted by molar-refractivity contribution is -0.121. The monoisotopic (exact) mass is 579 g/mol. The number of piperazine rings is 2. The van der Waals surface area contributed by atoms with Crippen LogP contribution in [0.4, 0.5) is 14.9 Å². The van der Waals surface area contributed by atoms with E-state index in [0.717, 1.165) is 48.7 Å².